The number of carbonyl (C=O) groups excluding carboxylic acids is 2. The molecule has 2 aliphatic rings. The fraction of sp³-hybridized carbons (Fsp3) is 0.846. The average Bonchev–Trinajstić information content (AvgIpc) is 2.53. The quantitative estimate of drug-likeness (QED) is 0.740. The number of hydrogen-bond acceptors (Lipinski definition) is 2. The Bertz CT molecular complexity index is 319. The number of nitrogens with two attached hydrogens (primary N) is 1. The van der Waals surface area contributed by atoms with Crippen LogP contribution >= 0.6 is 0 Å². The second-order valence-electron chi connectivity index (χ2n) is 5.72. The topological polar surface area (TPSA) is 63.4 Å². The Balaban J connectivity index is 2.10. The molecule has 1 atom stereocenters. The number of hydrogen-bond donors (Lipinski definition) is 1. The number of rotatable bonds is 2. The summed E-state index contributed by atoms with van der Waals surface area (Å²) in [6.45, 7) is 2.70. The van der Waals surface area contributed by atoms with Crippen LogP contribution < -0.4 is 5.73 Å². The van der Waals surface area contributed by atoms with Crippen LogP contribution in [0.15, 0.2) is 0 Å². The van der Waals surface area contributed by atoms with Crippen molar-refractivity contribution in [3.63, 3.8) is 0 Å². The lowest BCUT2D eigenvalue weighted by Gasteiger charge is -2.38. The summed E-state index contributed by atoms with van der Waals surface area (Å²) in [6.07, 6.45) is 7.32. The van der Waals surface area contributed by atoms with Gasteiger partial charge in [-0.3, -0.25) is 9.59 Å². The first-order valence-electron chi connectivity index (χ1n) is 6.63. The van der Waals surface area contributed by atoms with Gasteiger partial charge >= 0.3 is 0 Å². The van der Waals surface area contributed by atoms with Gasteiger partial charge in [0.2, 0.25) is 11.8 Å². The Morgan fingerprint density at radius 2 is 1.88 bits per heavy atom. The maximum absolute atomic E-state index is 12.0. The minimum atomic E-state index is -0.335. The molecule has 4 heteroatoms. The molecule has 4 nitrogen and oxygen atoms in total. The van der Waals surface area contributed by atoms with Crippen LogP contribution in [0.5, 0.6) is 0 Å². The Kier molecular flexibility index (Phi) is 3.40. The van der Waals surface area contributed by atoms with Gasteiger partial charge in [0.05, 0.1) is 5.92 Å². The highest BCUT2D eigenvalue weighted by Crippen LogP contribution is 2.36. The monoisotopic (exact) mass is 238 g/mol. The molecule has 1 heterocycles. The summed E-state index contributed by atoms with van der Waals surface area (Å²) in [4.78, 5) is 25.1. The van der Waals surface area contributed by atoms with Crippen LogP contribution in [-0.4, -0.2) is 28.8 Å². The Hall–Kier alpha value is -1.06. The third-order valence-electron chi connectivity index (χ3n) is 4.36. The zero-order valence-corrected chi connectivity index (χ0v) is 10.6. The summed E-state index contributed by atoms with van der Waals surface area (Å²) < 4.78 is 0. The van der Waals surface area contributed by atoms with Crippen LogP contribution in [0, 0.1) is 5.92 Å². The third-order valence-corrected chi connectivity index (χ3v) is 4.36. The van der Waals surface area contributed by atoms with E-state index in [1.54, 1.807) is 0 Å². The third kappa shape index (κ3) is 2.45. The van der Waals surface area contributed by atoms with Crippen LogP contribution in [0.3, 0.4) is 0 Å². The zero-order valence-electron chi connectivity index (χ0n) is 10.6. The second kappa shape index (κ2) is 4.67. The maximum atomic E-state index is 12.0. The van der Waals surface area contributed by atoms with Crippen molar-refractivity contribution in [1.82, 2.24) is 4.90 Å². The molecule has 0 aromatic carbocycles. The van der Waals surface area contributed by atoms with Gasteiger partial charge < -0.3 is 10.6 Å². The summed E-state index contributed by atoms with van der Waals surface area (Å²) in [5, 5.41) is 0. The second-order valence-corrected chi connectivity index (χ2v) is 5.72. The summed E-state index contributed by atoms with van der Waals surface area (Å²) in [7, 11) is 0. The van der Waals surface area contributed by atoms with E-state index in [0.29, 0.717) is 13.0 Å². The molecular formula is C13H22N2O2. The molecule has 1 aliphatic heterocycles. The van der Waals surface area contributed by atoms with Gasteiger partial charge in [-0.25, -0.2) is 0 Å². The molecule has 0 aromatic rings. The highest BCUT2D eigenvalue weighted by Gasteiger charge is 2.42. The lowest BCUT2D eigenvalue weighted by Crippen LogP contribution is -2.47. The SMILES string of the molecule is CC1(N2CC(C(N)=O)CC2=O)CCCCCC1. The molecule has 2 fully saturated rings. The predicted molar refractivity (Wildman–Crippen MR) is 65.1 cm³/mol. The van der Waals surface area contributed by atoms with E-state index in [1.807, 2.05) is 4.90 Å². The number of amides is 2. The van der Waals surface area contributed by atoms with Crippen molar-refractivity contribution < 1.29 is 9.59 Å². The minimum absolute atomic E-state index is 0.0439. The summed E-state index contributed by atoms with van der Waals surface area (Å²) in [5.74, 6) is -0.501. The molecule has 2 rings (SSSR count). The van der Waals surface area contributed by atoms with E-state index in [2.05, 4.69) is 6.92 Å². The number of nitrogens with zero attached hydrogens (tertiary/aromatic N) is 1. The largest absolute Gasteiger partial charge is 0.369 e. The van der Waals surface area contributed by atoms with Gasteiger partial charge in [-0.05, 0) is 19.8 Å². The average molecular weight is 238 g/mol. The van der Waals surface area contributed by atoms with Crippen molar-refractivity contribution in [3.8, 4) is 0 Å². The maximum Gasteiger partial charge on any atom is 0.223 e. The molecular weight excluding hydrogens is 216 g/mol. The number of carbonyl (C=O) groups is 2. The predicted octanol–water partition coefficient (Wildman–Crippen LogP) is 1.43. The molecule has 1 saturated carbocycles. The van der Waals surface area contributed by atoms with E-state index in [0.717, 1.165) is 12.8 Å². The van der Waals surface area contributed by atoms with Gasteiger partial charge in [-0.1, -0.05) is 25.7 Å². The molecule has 1 saturated heterocycles. The Morgan fingerprint density at radius 1 is 1.29 bits per heavy atom. The first kappa shape index (κ1) is 12.4. The lowest BCUT2D eigenvalue weighted by molar-refractivity contribution is -0.133. The van der Waals surface area contributed by atoms with E-state index in [1.165, 1.54) is 25.7 Å². The van der Waals surface area contributed by atoms with Crippen molar-refractivity contribution in [3.05, 3.63) is 0 Å². The van der Waals surface area contributed by atoms with Gasteiger partial charge in [0.15, 0.2) is 0 Å². The molecule has 17 heavy (non-hydrogen) atoms. The Morgan fingerprint density at radius 3 is 2.35 bits per heavy atom. The first-order chi connectivity index (χ1) is 8.03. The normalized spacial score (nSPS) is 29.1. The minimum Gasteiger partial charge on any atom is -0.369 e. The molecule has 0 aromatic heterocycles. The Labute approximate surface area is 103 Å². The van der Waals surface area contributed by atoms with Crippen molar-refractivity contribution in [2.45, 2.75) is 57.4 Å². The molecule has 0 radical (unpaired) electrons. The molecule has 0 spiro atoms. The van der Waals surface area contributed by atoms with Crippen molar-refractivity contribution in [1.29, 1.82) is 0 Å². The lowest BCUT2D eigenvalue weighted by atomic mass is 9.90. The van der Waals surface area contributed by atoms with Crippen molar-refractivity contribution >= 4 is 11.8 Å². The van der Waals surface area contributed by atoms with Crippen LogP contribution in [-0.2, 0) is 9.59 Å². The fourth-order valence-electron chi connectivity index (χ4n) is 3.18. The van der Waals surface area contributed by atoms with Gasteiger partial charge in [0, 0.05) is 18.5 Å². The highest BCUT2D eigenvalue weighted by atomic mass is 16.2. The smallest absolute Gasteiger partial charge is 0.223 e. The van der Waals surface area contributed by atoms with Crippen molar-refractivity contribution in [2.75, 3.05) is 6.54 Å². The highest BCUT2D eigenvalue weighted by molar-refractivity contribution is 5.88. The van der Waals surface area contributed by atoms with Gasteiger partial charge in [0.1, 0.15) is 0 Å². The van der Waals surface area contributed by atoms with E-state index in [4.69, 9.17) is 5.73 Å². The summed E-state index contributed by atoms with van der Waals surface area (Å²) in [5.41, 5.74) is 5.26. The van der Waals surface area contributed by atoms with E-state index in [-0.39, 0.29) is 23.3 Å². The van der Waals surface area contributed by atoms with Gasteiger partial charge in [-0.2, -0.15) is 0 Å². The standard InChI is InChI=1S/C13H22N2O2/c1-13(6-4-2-3-5-7-13)15-9-10(12(14)17)8-11(15)16/h10H,2-9H2,1H3,(H2,14,17). The molecule has 2 N–H and O–H groups in total. The zero-order chi connectivity index (χ0) is 12.5. The number of likely N-dealkylation sites (tertiary alicyclic amines) is 1. The summed E-state index contributed by atoms with van der Waals surface area (Å²) in [6, 6.07) is 0. The van der Waals surface area contributed by atoms with Crippen molar-refractivity contribution in [2.24, 2.45) is 11.7 Å². The van der Waals surface area contributed by atoms with Crippen LogP contribution in [0.1, 0.15) is 51.9 Å². The fourth-order valence-corrected chi connectivity index (χ4v) is 3.18. The summed E-state index contributed by atoms with van der Waals surface area (Å²) >= 11 is 0. The molecule has 2 amide bonds. The van der Waals surface area contributed by atoms with E-state index >= 15 is 0 Å². The molecule has 96 valence electrons. The molecule has 1 aliphatic carbocycles. The van der Waals surface area contributed by atoms with E-state index in [9.17, 15) is 9.59 Å². The van der Waals surface area contributed by atoms with E-state index < -0.39 is 0 Å². The first-order valence-corrected chi connectivity index (χ1v) is 6.63. The molecule has 1 unspecified atom stereocenters. The van der Waals surface area contributed by atoms with Crippen LogP contribution in [0.2, 0.25) is 0 Å². The van der Waals surface area contributed by atoms with Crippen LogP contribution in [0.4, 0.5) is 0 Å². The van der Waals surface area contributed by atoms with Gasteiger partial charge in [-0.15, -0.1) is 0 Å². The molecule has 0 bridgehead atoms. The van der Waals surface area contributed by atoms with Crippen LogP contribution in [0.25, 0.3) is 0 Å². The van der Waals surface area contributed by atoms with Gasteiger partial charge in [0.25, 0.3) is 0 Å². The number of primary amides is 1.